The lowest BCUT2D eigenvalue weighted by Crippen LogP contribution is -2.65. The van der Waals surface area contributed by atoms with Crippen molar-refractivity contribution >= 4 is 23.9 Å². The number of rotatable bonds is 6. The van der Waals surface area contributed by atoms with E-state index in [0.29, 0.717) is 36.8 Å². The van der Waals surface area contributed by atoms with E-state index in [1.807, 2.05) is 41.5 Å². The summed E-state index contributed by atoms with van der Waals surface area (Å²) in [4.78, 5) is 50.2. The van der Waals surface area contributed by atoms with Gasteiger partial charge in [0.1, 0.15) is 30.5 Å². The van der Waals surface area contributed by atoms with Crippen LogP contribution in [0.3, 0.4) is 0 Å². The average Bonchev–Trinajstić information content (AvgIpc) is 2.81. The third-order valence-electron chi connectivity index (χ3n) is 9.46. The molecule has 2 bridgehead atoms. The monoisotopic (exact) mass is 562 g/mol. The van der Waals surface area contributed by atoms with E-state index in [1.165, 1.54) is 20.8 Å². The number of hydrogen-bond acceptors (Lipinski definition) is 9. The fourth-order valence-corrected chi connectivity index (χ4v) is 7.61. The Morgan fingerprint density at radius 2 is 1.57 bits per heavy atom. The number of carbonyl (C=O) groups excluding carboxylic acids is 4. The topological polar surface area (TPSA) is 125 Å². The highest BCUT2D eigenvalue weighted by atomic mass is 16.6. The van der Waals surface area contributed by atoms with Crippen LogP contribution < -0.4 is 0 Å². The van der Waals surface area contributed by atoms with Gasteiger partial charge in [0, 0.05) is 44.4 Å². The Hall–Kier alpha value is -2.68. The van der Waals surface area contributed by atoms with E-state index in [1.54, 1.807) is 0 Å². The van der Waals surface area contributed by atoms with Gasteiger partial charge in [-0.05, 0) is 42.7 Å². The second-order valence-corrected chi connectivity index (χ2v) is 12.7. The Bertz CT molecular complexity index is 1090. The van der Waals surface area contributed by atoms with Crippen LogP contribution in [0.4, 0.5) is 0 Å². The Kier molecular flexibility index (Phi) is 9.29. The second kappa shape index (κ2) is 11.7. The molecule has 9 atom stereocenters. The molecule has 224 valence electrons. The standard InChI is InChI=1S/C31H46O9/c1-11-15(2)29(36)40-22-14-16(3)23-26(35)28(39-20(7)34)31(10)13-12-21(37-18(5)32)17(4)24(31)27(38-19(6)33)25(22)30(23,8)9/h15,21-22,24-28,35H,4,11-14H2,1-3,5-10H3/t15?,21-,22-,24-,25-,26+,27-,28-,31+/m0/s1. The van der Waals surface area contributed by atoms with Crippen molar-refractivity contribution in [2.24, 2.45) is 28.6 Å². The molecule has 0 amide bonds. The van der Waals surface area contributed by atoms with Gasteiger partial charge in [0.25, 0.3) is 0 Å². The molecule has 1 N–H and O–H groups in total. The minimum absolute atomic E-state index is 0.316. The third kappa shape index (κ3) is 5.71. The van der Waals surface area contributed by atoms with Crippen molar-refractivity contribution in [1.29, 1.82) is 0 Å². The van der Waals surface area contributed by atoms with Crippen molar-refractivity contribution in [3.05, 3.63) is 23.3 Å². The number of ether oxygens (including phenoxy) is 4. The molecule has 0 spiro atoms. The molecule has 9 nitrogen and oxygen atoms in total. The molecule has 0 radical (unpaired) electrons. The SMILES string of the molecule is C=C1[C@@H](OC(C)=O)CC[C@@]2(C)[C@@H](OC(C)=O)[C@H](O)C3=C(C)C[C@H](OC(=O)C(C)CC)[C@@H]([C@@H](OC(C)=O)[C@H]12)C3(C)C. The summed E-state index contributed by atoms with van der Waals surface area (Å²) in [7, 11) is 0. The van der Waals surface area contributed by atoms with Gasteiger partial charge < -0.3 is 24.1 Å². The van der Waals surface area contributed by atoms with Crippen LogP contribution in [0.25, 0.3) is 0 Å². The van der Waals surface area contributed by atoms with E-state index in [0.717, 1.165) is 5.57 Å². The van der Waals surface area contributed by atoms with Gasteiger partial charge in [-0.2, -0.15) is 0 Å². The van der Waals surface area contributed by atoms with Crippen LogP contribution >= 0.6 is 0 Å². The molecule has 0 heterocycles. The fourth-order valence-electron chi connectivity index (χ4n) is 7.61. The summed E-state index contributed by atoms with van der Waals surface area (Å²) < 4.78 is 23.9. The van der Waals surface area contributed by atoms with E-state index in [4.69, 9.17) is 18.9 Å². The van der Waals surface area contributed by atoms with E-state index in [2.05, 4.69) is 6.58 Å². The van der Waals surface area contributed by atoms with E-state index < -0.39 is 71.1 Å². The Balaban J connectivity index is 2.33. The predicted molar refractivity (Wildman–Crippen MR) is 147 cm³/mol. The summed E-state index contributed by atoms with van der Waals surface area (Å²) in [6.07, 6.45) is -2.66. The molecule has 2 saturated carbocycles. The van der Waals surface area contributed by atoms with Gasteiger partial charge in [0.2, 0.25) is 0 Å². The summed E-state index contributed by atoms with van der Waals surface area (Å²) in [5, 5.41) is 12.0. The molecule has 0 aliphatic heterocycles. The average molecular weight is 563 g/mol. The smallest absolute Gasteiger partial charge is 0.308 e. The number of hydrogen-bond donors (Lipinski definition) is 1. The van der Waals surface area contributed by atoms with Crippen LogP contribution in [0, 0.1) is 28.6 Å². The number of aliphatic hydroxyl groups excluding tert-OH is 1. The van der Waals surface area contributed by atoms with Crippen LogP contribution in [0.15, 0.2) is 23.3 Å². The summed E-state index contributed by atoms with van der Waals surface area (Å²) in [6.45, 7) is 19.6. The largest absolute Gasteiger partial charge is 0.461 e. The Morgan fingerprint density at radius 1 is 1.00 bits per heavy atom. The van der Waals surface area contributed by atoms with Gasteiger partial charge in [-0.15, -0.1) is 0 Å². The second-order valence-electron chi connectivity index (χ2n) is 12.7. The highest BCUT2D eigenvalue weighted by Crippen LogP contribution is 2.61. The molecular weight excluding hydrogens is 516 g/mol. The maximum Gasteiger partial charge on any atom is 0.308 e. The normalized spacial score (nSPS) is 35.9. The lowest BCUT2D eigenvalue weighted by atomic mass is 9.49. The zero-order valence-electron chi connectivity index (χ0n) is 25.4. The highest BCUT2D eigenvalue weighted by molar-refractivity contribution is 5.72. The van der Waals surface area contributed by atoms with E-state index in [-0.39, 0.29) is 11.9 Å². The molecule has 9 heteroatoms. The van der Waals surface area contributed by atoms with Gasteiger partial charge >= 0.3 is 23.9 Å². The lowest BCUT2D eigenvalue weighted by Gasteiger charge is -2.60. The van der Waals surface area contributed by atoms with Crippen molar-refractivity contribution in [2.45, 2.75) is 119 Å². The van der Waals surface area contributed by atoms with Crippen LogP contribution in [-0.4, -0.2) is 59.5 Å². The number of carbonyl (C=O) groups is 4. The van der Waals surface area contributed by atoms with Gasteiger partial charge in [-0.3, -0.25) is 19.2 Å². The Labute approximate surface area is 237 Å². The molecule has 0 aromatic carbocycles. The van der Waals surface area contributed by atoms with Crippen molar-refractivity contribution in [2.75, 3.05) is 0 Å². The molecular formula is C31H46O9. The van der Waals surface area contributed by atoms with Crippen LogP contribution in [0.2, 0.25) is 0 Å². The summed E-state index contributed by atoms with van der Waals surface area (Å²) in [5.74, 6) is -3.49. The van der Waals surface area contributed by atoms with Crippen LogP contribution in [0.1, 0.15) is 88.0 Å². The zero-order valence-corrected chi connectivity index (χ0v) is 25.4. The molecule has 3 aliphatic carbocycles. The quantitative estimate of drug-likeness (QED) is 0.284. The van der Waals surface area contributed by atoms with Crippen molar-refractivity contribution in [3.8, 4) is 0 Å². The summed E-state index contributed by atoms with van der Waals surface area (Å²) in [5.41, 5.74) is 0.225. The third-order valence-corrected chi connectivity index (χ3v) is 9.46. The molecule has 2 fully saturated rings. The summed E-state index contributed by atoms with van der Waals surface area (Å²) in [6, 6.07) is 0. The maximum absolute atomic E-state index is 13.1. The highest BCUT2D eigenvalue weighted by Gasteiger charge is 2.64. The van der Waals surface area contributed by atoms with Gasteiger partial charge in [-0.1, -0.05) is 46.8 Å². The zero-order chi connectivity index (χ0) is 30.3. The fraction of sp³-hybridized carbons (Fsp3) is 0.742. The number of aliphatic hydroxyl groups is 1. The van der Waals surface area contributed by atoms with Gasteiger partial charge in [0.05, 0.1) is 5.92 Å². The Morgan fingerprint density at radius 3 is 2.10 bits per heavy atom. The lowest BCUT2D eigenvalue weighted by molar-refractivity contribution is -0.208. The minimum atomic E-state index is -1.17. The molecule has 0 aromatic heterocycles. The van der Waals surface area contributed by atoms with Crippen molar-refractivity contribution in [1.82, 2.24) is 0 Å². The number of fused-ring (bicyclic) bond motifs is 3. The number of esters is 4. The summed E-state index contributed by atoms with van der Waals surface area (Å²) >= 11 is 0. The van der Waals surface area contributed by atoms with E-state index in [9.17, 15) is 24.3 Å². The van der Waals surface area contributed by atoms with Gasteiger partial charge in [-0.25, -0.2) is 0 Å². The first-order chi connectivity index (χ1) is 18.5. The predicted octanol–water partition coefficient (Wildman–Crippen LogP) is 4.45. The first-order valence-corrected chi connectivity index (χ1v) is 14.3. The van der Waals surface area contributed by atoms with E-state index >= 15 is 0 Å². The van der Waals surface area contributed by atoms with Gasteiger partial charge in [0.15, 0.2) is 0 Å². The molecule has 0 saturated heterocycles. The molecule has 1 unspecified atom stereocenters. The molecule has 3 aliphatic rings. The van der Waals surface area contributed by atoms with Crippen LogP contribution in [-0.2, 0) is 38.1 Å². The van der Waals surface area contributed by atoms with Crippen molar-refractivity contribution in [3.63, 3.8) is 0 Å². The maximum atomic E-state index is 13.1. The molecule has 40 heavy (non-hydrogen) atoms. The first-order valence-electron chi connectivity index (χ1n) is 14.3. The van der Waals surface area contributed by atoms with Crippen LogP contribution in [0.5, 0.6) is 0 Å². The molecule has 0 aromatic rings. The van der Waals surface area contributed by atoms with Crippen molar-refractivity contribution < 1.29 is 43.2 Å². The molecule has 3 rings (SSSR count). The first kappa shape index (κ1) is 31.8. The minimum Gasteiger partial charge on any atom is -0.461 e.